The molecule has 0 aliphatic carbocycles. The summed E-state index contributed by atoms with van der Waals surface area (Å²) in [6.07, 6.45) is 5.44. The van der Waals surface area contributed by atoms with Crippen molar-refractivity contribution in [1.29, 1.82) is 0 Å². The fraction of sp³-hybridized carbons (Fsp3) is 0. The first-order chi connectivity index (χ1) is 10.3. The Morgan fingerprint density at radius 1 is 1.24 bits per heavy atom. The van der Waals surface area contributed by atoms with Gasteiger partial charge in [0.05, 0.1) is 5.57 Å². The van der Waals surface area contributed by atoms with Crippen LogP contribution in [0.2, 0.25) is 0 Å². The van der Waals surface area contributed by atoms with Crippen LogP contribution in [0.3, 0.4) is 0 Å². The molecule has 0 atom stereocenters. The zero-order chi connectivity index (χ0) is 14.2. The van der Waals surface area contributed by atoms with Gasteiger partial charge < -0.3 is 4.98 Å². The van der Waals surface area contributed by atoms with Crippen LogP contribution >= 0.6 is 11.3 Å². The van der Waals surface area contributed by atoms with Crippen molar-refractivity contribution in [1.82, 2.24) is 15.4 Å². The Labute approximate surface area is 124 Å². The van der Waals surface area contributed by atoms with Gasteiger partial charge in [-0.15, -0.1) is 11.3 Å². The Morgan fingerprint density at radius 2 is 2.14 bits per heavy atom. The maximum Gasteiger partial charge on any atom is 0.273 e. The van der Waals surface area contributed by atoms with E-state index in [2.05, 4.69) is 20.5 Å². The third-order valence-corrected chi connectivity index (χ3v) is 4.10. The van der Waals surface area contributed by atoms with Crippen LogP contribution in [0.5, 0.6) is 0 Å². The monoisotopic (exact) mass is 294 g/mol. The molecule has 2 N–H and O–H groups in total. The van der Waals surface area contributed by atoms with Gasteiger partial charge >= 0.3 is 0 Å². The summed E-state index contributed by atoms with van der Waals surface area (Å²) in [7, 11) is 0. The first-order valence-electron chi connectivity index (χ1n) is 6.39. The molecule has 1 aliphatic rings. The molecule has 0 fully saturated rings. The summed E-state index contributed by atoms with van der Waals surface area (Å²) in [4.78, 5) is 19.4. The van der Waals surface area contributed by atoms with E-state index >= 15 is 0 Å². The van der Waals surface area contributed by atoms with Crippen molar-refractivity contribution < 1.29 is 4.79 Å². The molecule has 0 bridgehead atoms. The number of nitrogens with zero attached hydrogens (tertiary/aromatic N) is 2. The van der Waals surface area contributed by atoms with Crippen molar-refractivity contribution in [2.24, 2.45) is 5.10 Å². The van der Waals surface area contributed by atoms with Crippen LogP contribution < -0.4 is 5.43 Å². The smallest absolute Gasteiger partial charge is 0.273 e. The molecular formula is C15H10N4OS. The summed E-state index contributed by atoms with van der Waals surface area (Å²) in [6.45, 7) is 0. The molecule has 0 spiro atoms. The lowest BCUT2D eigenvalue weighted by molar-refractivity contribution is -0.116. The van der Waals surface area contributed by atoms with Crippen molar-refractivity contribution in [2.75, 3.05) is 0 Å². The molecule has 0 saturated carbocycles. The predicted octanol–water partition coefficient (Wildman–Crippen LogP) is 2.54. The maximum atomic E-state index is 12.0. The van der Waals surface area contributed by atoms with E-state index in [1.807, 2.05) is 41.9 Å². The summed E-state index contributed by atoms with van der Waals surface area (Å²) in [5.74, 6) is -0.203. The van der Waals surface area contributed by atoms with E-state index < -0.39 is 0 Å². The molecule has 0 unspecified atom stereocenters. The molecule has 1 aliphatic heterocycles. The second kappa shape index (κ2) is 4.68. The minimum absolute atomic E-state index is 0.203. The number of hydrogen-bond donors (Lipinski definition) is 2. The molecule has 3 aromatic rings. The molecular weight excluding hydrogens is 284 g/mol. The van der Waals surface area contributed by atoms with Gasteiger partial charge in [-0.05, 0) is 12.1 Å². The van der Waals surface area contributed by atoms with Crippen molar-refractivity contribution in [2.45, 2.75) is 0 Å². The predicted molar refractivity (Wildman–Crippen MR) is 83.1 cm³/mol. The number of fused-ring (bicyclic) bond motifs is 1. The minimum Gasteiger partial charge on any atom is -0.361 e. The third-order valence-electron chi connectivity index (χ3n) is 3.32. The number of hydrogen-bond acceptors (Lipinski definition) is 4. The van der Waals surface area contributed by atoms with Crippen LogP contribution in [0, 0.1) is 0 Å². The van der Waals surface area contributed by atoms with Gasteiger partial charge in [0.15, 0.2) is 0 Å². The molecule has 5 nitrogen and oxygen atoms in total. The summed E-state index contributed by atoms with van der Waals surface area (Å²) in [6, 6.07) is 7.97. The number of aromatic nitrogens is 2. The Balaban J connectivity index is 1.84. The lowest BCUT2D eigenvalue weighted by Gasteiger charge is -1.97. The number of amides is 1. The Bertz CT molecular complexity index is 889. The lowest BCUT2D eigenvalue weighted by Crippen LogP contribution is -2.13. The SMILES string of the molecule is O=C1NN=C(c2nccs2)C1=Cc1c[nH]c2ccccc12. The van der Waals surface area contributed by atoms with E-state index in [0.717, 1.165) is 21.5 Å². The second-order valence-corrected chi connectivity index (χ2v) is 5.48. The van der Waals surface area contributed by atoms with Crippen LogP contribution in [0.25, 0.3) is 17.0 Å². The summed E-state index contributed by atoms with van der Waals surface area (Å²) >= 11 is 1.46. The average Bonchev–Trinajstić information content (AvgIpc) is 3.21. The zero-order valence-corrected chi connectivity index (χ0v) is 11.6. The van der Waals surface area contributed by atoms with Crippen LogP contribution in [0.4, 0.5) is 0 Å². The number of carbonyl (C=O) groups is 1. The number of thiazole rings is 1. The molecule has 4 rings (SSSR count). The number of benzene rings is 1. The number of H-pyrrole nitrogens is 1. The summed E-state index contributed by atoms with van der Waals surface area (Å²) in [5.41, 5.74) is 5.64. The number of carbonyl (C=O) groups excluding carboxylic acids is 1. The second-order valence-electron chi connectivity index (χ2n) is 4.59. The van der Waals surface area contributed by atoms with Crippen molar-refractivity contribution in [3.8, 4) is 0 Å². The number of aromatic amines is 1. The summed E-state index contributed by atoms with van der Waals surface area (Å²) in [5, 5.41) is 7.76. The third kappa shape index (κ3) is 1.96. The fourth-order valence-corrected chi connectivity index (χ4v) is 2.98. The van der Waals surface area contributed by atoms with Gasteiger partial charge in [-0.1, -0.05) is 18.2 Å². The van der Waals surface area contributed by atoms with Gasteiger partial charge in [-0.25, -0.2) is 10.4 Å². The van der Waals surface area contributed by atoms with Gasteiger partial charge in [0.1, 0.15) is 10.7 Å². The van der Waals surface area contributed by atoms with Gasteiger partial charge in [0.25, 0.3) is 5.91 Å². The molecule has 6 heteroatoms. The molecule has 102 valence electrons. The van der Waals surface area contributed by atoms with Crippen LogP contribution in [0.1, 0.15) is 10.6 Å². The van der Waals surface area contributed by atoms with E-state index in [4.69, 9.17) is 0 Å². The van der Waals surface area contributed by atoms with E-state index in [1.165, 1.54) is 11.3 Å². The quantitative estimate of drug-likeness (QED) is 0.713. The molecule has 3 heterocycles. The molecule has 21 heavy (non-hydrogen) atoms. The maximum absolute atomic E-state index is 12.0. The van der Waals surface area contributed by atoms with Gasteiger partial charge in [0, 0.05) is 34.2 Å². The van der Waals surface area contributed by atoms with Crippen LogP contribution in [0.15, 0.2) is 52.7 Å². The van der Waals surface area contributed by atoms with Crippen molar-refractivity contribution in [3.05, 3.63) is 58.2 Å². The van der Waals surface area contributed by atoms with Gasteiger partial charge in [-0.3, -0.25) is 4.79 Å². The highest BCUT2D eigenvalue weighted by atomic mass is 32.1. The molecule has 0 saturated heterocycles. The van der Waals surface area contributed by atoms with Crippen molar-refractivity contribution in [3.63, 3.8) is 0 Å². The number of rotatable bonds is 2. The van der Waals surface area contributed by atoms with E-state index in [9.17, 15) is 4.79 Å². The first-order valence-corrected chi connectivity index (χ1v) is 7.27. The molecule has 1 amide bonds. The zero-order valence-electron chi connectivity index (χ0n) is 10.8. The van der Waals surface area contributed by atoms with Gasteiger partial charge in [0.2, 0.25) is 0 Å². The Morgan fingerprint density at radius 3 is 3.00 bits per heavy atom. The van der Waals surface area contributed by atoms with E-state index in [-0.39, 0.29) is 5.91 Å². The van der Waals surface area contributed by atoms with Crippen molar-refractivity contribution >= 4 is 39.9 Å². The standard InChI is InChI=1S/C15H10N4OS/c20-14-11(13(18-19-14)15-16-5-6-21-15)7-9-8-17-12-4-2-1-3-10(9)12/h1-8,17H,(H,19,20). The first kappa shape index (κ1) is 12.0. The average molecular weight is 294 g/mol. The highest BCUT2D eigenvalue weighted by Gasteiger charge is 2.25. The Kier molecular flexibility index (Phi) is 2.68. The molecule has 1 aromatic carbocycles. The lowest BCUT2D eigenvalue weighted by atomic mass is 10.1. The van der Waals surface area contributed by atoms with Gasteiger partial charge in [-0.2, -0.15) is 5.10 Å². The molecule has 2 aromatic heterocycles. The normalized spacial score (nSPS) is 16.5. The highest BCUT2D eigenvalue weighted by Crippen LogP contribution is 2.23. The van der Waals surface area contributed by atoms with E-state index in [1.54, 1.807) is 6.20 Å². The fourth-order valence-electron chi connectivity index (χ4n) is 2.34. The summed E-state index contributed by atoms with van der Waals surface area (Å²) < 4.78 is 0. The van der Waals surface area contributed by atoms with Crippen LogP contribution in [-0.2, 0) is 4.79 Å². The largest absolute Gasteiger partial charge is 0.361 e. The highest BCUT2D eigenvalue weighted by molar-refractivity contribution is 7.12. The van der Waals surface area contributed by atoms with E-state index in [0.29, 0.717) is 11.3 Å². The van der Waals surface area contributed by atoms with Crippen LogP contribution in [-0.4, -0.2) is 21.6 Å². The number of nitrogens with one attached hydrogen (secondary N) is 2. The number of para-hydroxylation sites is 1. The number of hydrazone groups is 1. The molecule has 0 radical (unpaired) electrons. The Hall–Kier alpha value is -2.73. The topological polar surface area (TPSA) is 70.1 Å². The minimum atomic E-state index is -0.203.